The summed E-state index contributed by atoms with van der Waals surface area (Å²) in [5.74, 6) is 0.141. The van der Waals surface area contributed by atoms with E-state index in [1.807, 2.05) is 0 Å². The van der Waals surface area contributed by atoms with Crippen molar-refractivity contribution in [3.63, 3.8) is 0 Å². The first kappa shape index (κ1) is 12.2. The Hall–Kier alpha value is -0.920. The van der Waals surface area contributed by atoms with Gasteiger partial charge in [0, 0.05) is 11.9 Å². The van der Waals surface area contributed by atoms with Crippen LogP contribution in [-0.2, 0) is 16.6 Å². The minimum Gasteiger partial charge on any atom is -0.347 e. The van der Waals surface area contributed by atoms with Gasteiger partial charge in [0.1, 0.15) is 0 Å². The number of aromatic nitrogens is 2. The zero-order chi connectivity index (χ0) is 11.1. The monoisotopic (exact) mass is 232 g/mol. The summed E-state index contributed by atoms with van der Waals surface area (Å²) in [6, 6.07) is 0. The third kappa shape index (κ3) is 4.91. The largest absolute Gasteiger partial charge is 0.347 e. The molecule has 0 saturated carbocycles. The van der Waals surface area contributed by atoms with E-state index in [2.05, 4.69) is 20.0 Å². The van der Waals surface area contributed by atoms with Crippen LogP contribution in [0.25, 0.3) is 0 Å². The molecule has 0 aliphatic heterocycles. The lowest BCUT2D eigenvalue weighted by molar-refractivity contribution is 0.576. The summed E-state index contributed by atoms with van der Waals surface area (Å²) in [4.78, 5) is 6.62. The maximum absolute atomic E-state index is 11.4. The molecule has 0 fully saturated rings. The summed E-state index contributed by atoms with van der Waals surface area (Å²) >= 11 is 0. The molecule has 0 aliphatic rings. The van der Waals surface area contributed by atoms with E-state index in [-0.39, 0.29) is 12.3 Å². The van der Waals surface area contributed by atoms with E-state index in [4.69, 9.17) is 0 Å². The Morgan fingerprint density at radius 1 is 1.53 bits per heavy atom. The summed E-state index contributed by atoms with van der Waals surface area (Å²) in [7, 11) is -1.37. The maximum Gasteiger partial charge on any atom is 0.211 e. The fourth-order valence-corrected chi connectivity index (χ4v) is 2.12. The van der Waals surface area contributed by atoms with Gasteiger partial charge >= 0.3 is 0 Å². The number of rotatable bonds is 7. The zero-order valence-corrected chi connectivity index (χ0v) is 9.47. The van der Waals surface area contributed by atoms with Crippen LogP contribution in [0.3, 0.4) is 0 Å². The molecule has 0 atom stereocenters. The van der Waals surface area contributed by atoms with Crippen molar-refractivity contribution in [2.75, 3.05) is 19.3 Å². The topological polar surface area (TPSA) is 86.9 Å². The van der Waals surface area contributed by atoms with Crippen LogP contribution in [0.1, 0.15) is 12.1 Å². The lowest BCUT2D eigenvalue weighted by Gasteiger charge is -2.04. The van der Waals surface area contributed by atoms with Crippen molar-refractivity contribution >= 4 is 10.0 Å². The number of hydrogen-bond donors (Lipinski definition) is 3. The number of aromatic amines is 1. The maximum atomic E-state index is 11.4. The van der Waals surface area contributed by atoms with Crippen LogP contribution in [0.2, 0.25) is 0 Å². The third-order valence-electron chi connectivity index (χ3n) is 1.88. The Kier molecular flexibility index (Phi) is 4.73. The fourth-order valence-electron chi connectivity index (χ4n) is 1.08. The van der Waals surface area contributed by atoms with Crippen molar-refractivity contribution in [1.82, 2.24) is 20.0 Å². The van der Waals surface area contributed by atoms with Crippen molar-refractivity contribution in [3.05, 3.63) is 18.2 Å². The van der Waals surface area contributed by atoms with Crippen molar-refractivity contribution in [1.29, 1.82) is 0 Å². The minimum atomic E-state index is -3.17. The number of imidazole rings is 1. The first-order valence-corrected chi connectivity index (χ1v) is 6.38. The van der Waals surface area contributed by atoms with Gasteiger partial charge in [-0.15, -0.1) is 0 Å². The van der Waals surface area contributed by atoms with E-state index in [1.54, 1.807) is 13.2 Å². The molecular weight excluding hydrogens is 216 g/mol. The summed E-state index contributed by atoms with van der Waals surface area (Å²) < 4.78 is 25.3. The molecule has 0 radical (unpaired) electrons. The van der Waals surface area contributed by atoms with Crippen molar-refractivity contribution in [3.8, 4) is 0 Å². The average Bonchev–Trinajstić information content (AvgIpc) is 2.68. The molecule has 0 unspecified atom stereocenters. The quantitative estimate of drug-likeness (QED) is 0.550. The van der Waals surface area contributed by atoms with Gasteiger partial charge in [-0.3, -0.25) is 0 Å². The highest BCUT2D eigenvalue weighted by Crippen LogP contribution is 1.94. The molecule has 0 spiro atoms. The fraction of sp³-hybridized carbons (Fsp3) is 0.625. The second-order valence-corrected chi connectivity index (χ2v) is 5.10. The van der Waals surface area contributed by atoms with Gasteiger partial charge in [0.25, 0.3) is 0 Å². The molecule has 1 aromatic heterocycles. The molecule has 1 heterocycles. The molecule has 6 nitrogen and oxygen atoms in total. The van der Waals surface area contributed by atoms with Gasteiger partial charge in [-0.25, -0.2) is 18.1 Å². The highest BCUT2D eigenvalue weighted by atomic mass is 32.2. The highest BCUT2D eigenvalue weighted by Gasteiger charge is 2.09. The Balaban J connectivity index is 2.30. The number of nitrogens with one attached hydrogen (secondary N) is 3. The number of sulfonamides is 1. The summed E-state index contributed by atoms with van der Waals surface area (Å²) in [6.45, 7) is 0.965. The molecule has 7 heteroatoms. The highest BCUT2D eigenvalue weighted by molar-refractivity contribution is 7.89. The van der Waals surface area contributed by atoms with Crippen molar-refractivity contribution < 1.29 is 8.42 Å². The van der Waals surface area contributed by atoms with Gasteiger partial charge in [-0.05, 0) is 20.0 Å². The van der Waals surface area contributed by atoms with Gasteiger partial charge < -0.3 is 10.3 Å². The minimum absolute atomic E-state index is 0.141. The second-order valence-electron chi connectivity index (χ2n) is 3.17. The van der Waals surface area contributed by atoms with Crippen LogP contribution in [0, 0.1) is 0 Å². The van der Waals surface area contributed by atoms with Gasteiger partial charge in [0.15, 0.2) is 0 Å². The molecule has 0 aromatic carbocycles. The second kappa shape index (κ2) is 5.84. The van der Waals surface area contributed by atoms with Crippen LogP contribution in [0.5, 0.6) is 0 Å². The van der Waals surface area contributed by atoms with Gasteiger partial charge in [-0.1, -0.05) is 0 Å². The molecule has 3 N–H and O–H groups in total. The molecule has 0 bridgehead atoms. The van der Waals surface area contributed by atoms with Crippen LogP contribution in [-0.4, -0.2) is 37.7 Å². The first-order valence-electron chi connectivity index (χ1n) is 4.73. The van der Waals surface area contributed by atoms with E-state index in [1.165, 1.54) is 6.33 Å². The van der Waals surface area contributed by atoms with Gasteiger partial charge in [0.05, 0.1) is 18.6 Å². The Labute approximate surface area is 89.5 Å². The number of hydrogen-bond acceptors (Lipinski definition) is 4. The number of H-pyrrole nitrogens is 1. The van der Waals surface area contributed by atoms with Gasteiger partial charge in [-0.2, -0.15) is 0 Å². The molecule has 0 saturated heterocycles. The normalized spacial score (nSPS) is 11.8. The number of nitrogens with zero attached hydrogens (tertiary/aromatic N) is 1. The van der Waals surface area contributed by atoms with E-state index in [0.29, 0.717) is 13.0 Å². The van der Waals surface area contributed by atoms with E-state index >= 15 is 0 Å². The Morgan fingerprint density at radius 2 is 2.33 bits per heavy atom. The Bertz CT molecular complexity index is 360. The smallest absolute Gasteiger partial charge is 0.211 e. The van der Waals surface area contributed by atoms with Crippen LogP contribution in [0.4, 0.5) is 0 Å². The van der Waals surface area contributed by atoms with E-state index in [0.717, 1.165) is 5.69 Å². The van der Waals surface area contributed by atoms with Crippen LogP contribution >= 0.6 is 0 Å². The third-order valence-corrected chi connectivity index (χ3v) is 3.29. The standard InChI is InChI=1S/C8H16N4O2S/c1-9-3-2-4-15(13,14)12-6-8-5-10-7-11-8/h5,7,9,12H,2-4,6H2,1H3,(H,10,11). The SMILES string of the molecule is CNCCCS(=O)(=O)NCc1cnc[nH]1. The summed E-state index contributed by atoms with van der Waals surface area (Å²) in [5, 5.41) is 2.90. The predicted octanol–water partition coefficient (Wildman–Crippen LogP) is -0.561. The lowest BCUT2D eigenvalue weighted by Crippen LogP contribution is -2.27. The van der Waals surface area contributed by atoms with Gasteiger partial charge in [0.2, 0.25) is 10.0 Å². The van der Waals surface area contributed by atoms with Crippen LogP contribution < -0.4 is 10.0 Å². The molecule has 1 rings (SSSR count). The molecule has 86 valence electrons. The summed E-state index contributed by atoms with van der Waals surface area (Å²) in [6.07, 6.45) is 3.72. The zero-order valence-electron chi connectivity index (χ0n) is 8.66. The molecule has 15 heavy (non-hydrogen) atoms. The molecule has 1 aromatic rings. The first-order chi connectivity index (χ1) is 7.14. The summed E-state index contributed by atoms with van der Waals surface area (Å²) in [5.41, 5.74) is 0.757. The molecule has 0 amide bonds. The van der Waals surface area contributed by atoms with Crippen molar-refractivity contribution in [2.24, 2.45) is 0 Å². The Morgan fingerprint density at radius 3 is 2.93 bits per heavy atom. The molecular formula is C8H16N4O2S. The predicted molar refractivity (Wildman–Crippen MR) is 57.8 cm³/mol. The van der Waals surface area contributed by atoms with Crippen molar-refractivity contribution in [2.45, 2.75) is 13.0 Å². The van der Waals surface area contributed by atoms with E-state index in [9.17, 15) is 8.42 Å². The van der Waals surface area contributed by atoms with E-state index < -0.39 is 10.0 Å². The average molecular weight is 232 g/mol. The molecule has 0 aliphatic carbocycles. The lowest BCUT2D eigenvalue weighted by atomic mass is 10.5. The van der Waals surface area contributed by atoms with Crippen LogP contribution in [0.15, 0.2) is 12.5 Å².